The van der Waals surface area contributed by atoms with Crippen LogP contribution >= 0.6 is 0 Å². The Hall–Kier alpha value is -1.33. The minimum absolute atomic E-state index is 0.685. The van der Waals surface area contributed by atoms with Crippen LogP contribution in [0.3, 0.4) is 0 Å². The second kappa shape index (κ2) is 5.71. The zero-order valence-electron chi connectivity index (χ0n) is 13.1. The first kappa shape index (κ1) is 14.3. The van der Waals surface area contributed by atoms with Gasteiger partial charge in [0.25, 0.3) is 0 Å². The average Bonchev–Trinajstić information content (AvgIpc) is 3.13. The molecule has 0 spiro atoms. The van der Waals surface area contributed by atoms with E-state index in [-0.39, 0.29) is 0 Å². The Labute approximate surface area is 140 Å². The van der Waals surface area contributed by atoms with Gasteiger partial charge in [-0.05, 0) is 0 Å². The Balaban J connectivity index is 1.82. The summed E-state index contributed by atoms with van der Waals surface area (Å²) < 4.78 is 3.08. The molecule has 2 atom stereocenters. The Morgan fingerprint density at radius 1 is 0.727 bits per heavy atom. The number of rotatable bonds is 2. The summed E-state index contributed by atoms with van der Waals surface area (Å²) >= 11 is -1.84. The maximum atomic E-state index is 2.49. The van der Waals surface area contributed by atoms with Gasteiger partial charge >= 0.3 is 141 Å². The van der Waals surface area contributed by atoms with Crippen LogP contribution in [0.4, 0.5) is 0 Å². The van der Waals surface area contributed by atoms with Gasteiger partial charge in [-0.3, -0.25) is 0 Å². The van der Waals surface area contributed by atoms with Crippen LogP contribution in [0.1, 0.15) is 43.4 Å². The molecule has 0 nitrogen and oxygen atoms in total. The molecule has 0 amide bonds. The summed E-state index contributed by atoms with van der Waals surface area (Å²) in [5.41, 5.74) is 6.00. The van der Waals surface area contributed by atoms with E-state index in [0.29, 0.717) is 7.25 Å². The Morgan fingerprint density at radius 3 is 1.64 bits per heavy atom. The molecule has 0 N–H and O–H groups in total. The molecule has 2 aliphatic carbocycles. The summed E-state index contributed by atoms with van der Waals surface area (Å²) in [5.74, 6) is 0. The van der Waals surface area contributed by atoms with E-state index in [4.69, 9.17) is 0 Å². The second-order valence-electron chi connectivity index (χ2n) is 6.39. The average molecular weight is 364 g/mol. The third kappa shape index (κ3) is 2.27. The fourth-order valence-corrected chi connectivity index (χ4v) is 12.3. The Kier molecular flexibility index (Phi) is 3.70. The molecule has 0 saturated carbocycles. The molecule has 0 bridgehead atoms. The van der Waals surface area contributed by atoms with Crippen LogP contribution < -0.4 is 0 Å². The maximum absolute atomic E-state index is 2.49. The first-order valence-electron chi connectivity index (χ1n) is 7.97. The van der Waals surface area contributed by atoms with E-state index >= 15 is 0 Å². The van der Waals surface area contributed by atoms with Gasteiger partial charge < -0.3 is 0 Å². The van der Waals surface area contributed by atoms with Crippen molar-refractivity contribution in [2.24, 2.45) is 0 Å². The summed E-state index contributed by atoms with van der Waals surface area (Å²) in [6.07, 6.45) is 9.66. The summed E-state index contributed by atoms with van der Waals surface area (Å²) in [7, 11) is 0. The SMILES string of the molecule is C[C](C)=[Zr]([CH]1C=Cc2ccccc21)[CH]1C=Cc2ccccc21. The number of fused-ring (bicyclic) bond motifs is 2. The van der Waals surface area contributed by atoms with Gasteiger partial charge in [0.05, 0.1) is 0 Å². The zero-order chi connectivity index (χ0) is 15.1. The standard InChI is InChI=1S/2C9H7.C3H6.Zr/c2*1-2-5-9-7-3-6-8(9)4-1;1-3-2;/h2*1-7H;1-2H3;. The van der Waals surface area contributed by atoms with Crippen molar-refractivity contribution in [3.05, 3.63) is 82.9 Å². The topological polar surface area (TPSA) is 0 Å². The fourth-order valence-electron chi connectivity index (χ4n) is 3.86. The number of allylic oxidation sites excluding steroid dienone is 2. The molecule has 0 heterocycles. The number of hydrogen-bond acceptors (Lipinski definition) is 0. The molecule has 2 aromatic carbocycles. The molecule has 2 unspecified atom stereocenters. The molecule has 1 heteroatoms. The van der Waals surface area contributed by atoms with E-state index in [1.165, 1.54) is 11.1 Å². The fraction of sp³-hybridized carbons (Fsp3) is 0.190. The summed E-state index contributed by atoms with van der Waals surface area (Å²) in [5, 5.41) is 0. The molecule has 4 rings (SSSR count). The van der Waals surface area contributed by atoms with Gasteiger partial charge in [0, 0.05) is 0 Å². The van der Waals surface area contributed by atoms with Crippen molar-refractivity contribution < 1.29 is 21.3 Å². The Morgan fingerprint density at radius 2 is 1.18 bits per heavy atom. The monoisotopic (exact) mass is 362 g/mol. The van der Waals surface area contributed by atoms with Crippen molar-refractivity contribution in [1.82, 2.24) is 0 Å². The minimum atomic E-state index is -1.84. The predicted octanol–water partition coefficient (Wildman–Crippen LogP) is 5.35. The normalized spacial score (nSPS) is 20.8. The molecule has 0 aromatic heterocycles. The first-order chi connectivity index (χ1) is 10.8. The van der Waals surface area contributed by atoms with Crippen molar-refractivity contribution in [2.45, 2.75) is 21.1 Å². The van der Waals surface area contributed by atoms with E-state index in [0.717, 1.165) is 0 Å². The first-order valence-corrected chi connectivity index (χ1v) is 12.0. The van der Waals surface area contributed by atoms with Gasteiger partial charge in [-0.2, -0.15) is 0 Å². The van der Waals surface area contributed by atoms with Crippen LogP contribution in [0, 0.1) is 0 Å². The second-order valence-corrected chi connectivity index (χ2v) is 14.1. The number of hydrogen-bond donors (Lipinski definition) is 0. The molecule has 0 saturated heterocycles. The van der Waals surface area contributed by atoms with Crippen LogP contribution in [0.25, 0.3) is 12.2 Å². The molecule has 0 radical (unpaired) electrons. The van der Waals surface area contributed by atoms with E-state index < -0.39 is 21.3 Å². The molecule has 0 fully saturated rings. The third-order valence-electron chi connectivity index (χ3n) is 4.85. The quantitative estimate of drug-likeness (QED) is 0.674. The molecule has 0 aliphatic heterocycles. The zero-order valence-corrected chi connectivity index (χ0v) is 15.5. The van der Waals surface area contributed by atoms with Gasteiger partial charge in [0.15, 0.2) is 0 Å². The van der Waals surface area contributed by atoms with E-state index in [1.807, 2.05) is 0 Å². The van der Waals surface area contributed by atoms with Crippen molar-refractivity contribution in [1.29, 1.82) is 0 Å². The summed E-state index contributed by atoms with van der Waals surface area (Å²) in [4.78, 5) is 0. The van der Waals surface area contributed by atoms with Crippen molar-refractivity contribution >= 4 is 15.4 Å². The van der Waals surface area contributed by atoms with Crippen LogP contribution in [0.5, 0.6) is 0 Å². The van der Waals surface area contributed by atoms with Gasteiger partial charge in [-0.15, -0.1) is 0 Å². The Bertz CT molecular complexity index is 756. The van der Waals surface area contributed by atoms with E-state index in [1.54, 1.807) is 14.3 Å². The van der Waals surface area contributed by atoms with Crippen molar-refractivity contribution in [2.75, 3.05) is 0 Å². The van der Waals surface area contributed by atoms with Crippen LogP contribution in [-0.4, -0.2) is 3.21 Å². The van der Waals surface area contributed by atoms with Crippen molar-refractivity contribution in [3.8, 4) is 0 Å². The molecule has 108 valence electrons. The molecule has 2 aliphatic rings. The predicted molar refractivity (Wildman–Crippen MR) is 92.8 cm³/mol. The van der Waals surface area contributed by atoms with Gasteiger partial charge in [-0.25, -0.2) is 0 Å². The molecular weight excluding hydrogens is 343 g/mol. The number of benzene rings is 2. The van der Waals surface area contributed by atoms with Gasteiger partial charge in [0.2, 0.25) is 0 Å². The summed E-state index contributed by atoms with van der Waals surface area (Å²) in [6, 6.07) is 17.9. The van der Waals surface area contributed by atoms with Crippen LogP contribution in [0.2, 0.25) is 0 Å². The van der Waals surface area contributed by atoms with E-state index in [9.17, 15) is 0 Å². The van der Waals surface area contributed by atoms with Crippen molar-refractivity contribution in [3.63, 3.8) is 0 Å². The van der Waals surface area contributed by atoms with Gasteiger partial charge in [-0.1, -0.05) is 0 Å². The van der Waals surface area contributed by atoms with Crippen LogP contribution in [-0.2, 0) is 21.3 Å². The summed E-state index contributed by atoms with van der Waals surface area (Å²) in [6.45, 7) is 4.75. The third-order valence-corrected chi connectivity index (χ3v) is 13.5. The van der Waals surface area contributed by atoms with Gasteiger partial charge in [0.1, 0.15) is 0 Å². The molecule has 2 aromatic rings. The van der Waals surface area contributed by atoms with Crippen LogP contribution in [0.15, 0.2) is 60.7 Å². The molecule has 22 heavy (non-hydrogen) atoms. The van der Waals surface area contributed by atoms with E-state index in [2.05, 4.69) is 86.7 Å². The molecular formula is C21H20Zr.